The van der Waals surface area contributed by atoms with Crippen LogP contribution in [0, 0.1) is 0 Å². The second-order valence-electron chi connectivity index (χ2n) is 5.63. The topological polar surface area (TPSA) is 52.6 Å². The lowest BCUT2D eigenvalue weighted by molar-refractivity contribution is 0.157. The van der Waals surface area contributed by atoms with Crippen LogP contribution in [0.25, 0.3) is 0 Å². The Morgan fingerprint density at radius 2 is 2.35 bits per heavy atom. The maximum absolute atomic E-state index is 12.2. The van der Waals surface area contributed by atoms with E-state index in [0.717, 1.165) is 30.8 Å². The second-order valence-corrected chi connectivity index (χ2v) is 6.06. The number of carbonyl (C=O) groups excluding carboxylic acids is 1. The summed E-state index contributed by atoms with van der Waals surface area (Å²) in [5.41, 5.74) is 1.18. The first-order valence-electron chi connectivity index (χ1n) is 7.12. The summed E-state index contributed by atoms with van der Waals surface area (Å²) in [5.74, 6) is 0.368. The van der Waals surface area contributed by atoms with E-state index in [2.05, 4.69) is 11.4 Å². The number of carbonyl (C=O) groups is 1. The molecule has 3 unspecified atom stereocenters. The number of likely N-dealkylation sites (tertiary alicyclic amines) is 1. The van der Waals surface area contributed by atoms with Crippen molar-refractivity contribution in [1.82, 2.24) is 10.2 Å². The quantitative estimate of drug-likeness (QED) is 0.899. The summed E-state index contributed by atoms with van der Waals surface area (Å²) in [4.78, 5) is 13.9. The molecule has 0 bridgehead atoms. The molecule has 2 N–H and O–H groups in total. The molecule has 1 saturated carbocycles. The van der Waals surface area contributed by atoms with Crippen LogP contribution in [0.3, 0.4) is 0 Å². The third kappa shape index (κ3) is 2.76. The summed E-state index contributed by atoms with van der Waals surface area (Å²) >= 11 is 5.99. The number of aliphatic hydroxyl groups excluding tert-OH is 1. The number of amides is 2. The maximum Gasteiger partial charge on any atom is 0.317 e. The Bertz CT molecular complexity index is 508. The minimum Gasteiger partial charge on any atom is -0.394 e. The van der Waals surface area contributed by atoms with Crippen LogP contribution in [-0.2, 0) is 0 Å². The number of rotatable bonds is 3. The van der Waals surface area contributed by atoms with Crippen molar-refractivity contribution in [1.29, 1.82) is 0 Å². The number of nitrogens with one attached hydrogen (secondary N) is 1. The van der Waals surface area contributed by atoms with Gasteiger partial charge in [-0.3, -0.25) is 0 Å². The molecule has 2 fully saturated rings. The van der Waals surface area contributed by atoms with E-state index in [-0.39, 0.29) is 24.7 Å². The molecule has 0 radical (unpaired) electrons. The summed E-state index contributed by atoms with van der Waals surface area (Å²) < 4.78 is 0. The fourth-order valence-electron chi connectivity index (χ4n) is 2.99. The van der Waals surface area contributed by atoms with Crippen molar-refractivity contribution in [3.05, 3.63) is 34.9 Å². The first-order chi connectivity index (χ1) is 9.69. The van der Waals surface area contributed by atoms with E-state index in [1.807, 2.05) is 18.2 Å². The third-order valence-electron chi connectivity index (χ3n) is 4.22. The lowest BCUT2D eigenvalue weighted by Gasteiger charge is -2.23. The van der Waals surface area contributed by atoms with Gasteiger partial charge >= 0.3 is 6.03 Å². The van der Waals surface area contributed by atoms with Crippen LogP contribution in [0.15, 0.2) is 24.3 Å². The highest BCUT2D eigenvalue weighted by molar-refractivity contribution is 6.30. The molecule has 3 atom stereocenters. The molecule has 1 aromatic rings. The molecule has 108 valence electrons. The van der Waals surface area contributed by atoms with Crippen molar-refractivity contribution in [3.63, 3.8) is 0 Å². The second kappa shape index (κ2) is 5.62. The largest absolute Gasteiger partial charge is 0.394 e. The van der Waals surface area contributed by atoms with Crippen molar-refractivity contribution >= 4 is 17.6 Å². The molecule has 2 aliphatic rings. The van der Waals surface area contributed by atoms with E-state index in [4.69, 9.17) is 11.6 Å². The minimum absolute atomic E-state index is 0.0154. The summed E-state index contributed by atoms with van der Waals surface area (Å²) in [6, 6.07) is 7.95. The van der Waals surface area contributed by atoms with Crippen LogP contribution in [0.1, 0.15) is 30.7 Å². The summed E-state index contributed by atoms with van der Waals surface area (Å²) in [6.45, 7) is 0.793. The van der Waals surface area contributed by atoms with Gasteiger partial charge in [0, 0.05) is 23.5 Å². The van der Waals surface area contributed by atoms with E-state index in [9.17, 15) is 9.90 Å². The van der Waals surface area contributed by atoms with Gasteiger partial charge in [-0.2, -0.15) is 0 Å². The van der Waals surface area contributed by atoms with Gasteiger partial charge in [0.05, 0.1) is 12.6 Å². The molecule has 0 aromatic heterocycles. The molecule has 4 nitrogen and oxygen atoms in total. The summed E-state index contributed by atoms with van der Waals surface area (Å²) in [6.07, 6.45) is 2.83. The Labute approximate surface area is 123 Å². The molecule has 1 aromatic carbocycles. The Hall–Kier alpha value is -1.26. The zero-order valence-corrected chi connectivity index (χ0v) is 12.0. The van der Waals surface area contributed by atoms with Gasteiger partial charge in [-0.15, -0.1) is 0 Å². The molecule has 3 rings (SSSR count). The Balaban J connectivity index is 1.57. The molecule has 0 spiro atoms. The lowest BCUT2D eigenvalue weighted by Crippen LogP contribution is -2.45. The molecule has 1 saturated heterocycles. The maximum atomic E-state index is 12.2. The number of urea groups is 1. The fraction of sp³-hybridized carbons (Fsp3) is 0.533. The van der Waals surface area contributed by atoms with Gasteiger partial charge < -0.3 is 15.3 Å². The predicted molar refractivity (Wildman–Crippen MR) is 77.9 cm³/mol. The van der Waals surface area contributed by atoms with Crippen molar-refractivity contribution in [2.75, 3.05) is 13.2 Å². The molecule has 5 heteroatoms. The molecule has 1 aliphatic heterocycles. The zero-order chi connectivity index (χ0) is 14.1. The monoisotopic (exact) mass is 294 g/mol. The van der Waals surface area contributed by atoms with Crippen molar-refractivity contribution in [3.8, 4) is 0 Å². The highest BCUT2D eigenvalue weighted by Crippen LogP contribution is 2.41. The number of halogens is 1. The van der Waals surface area contributed by atoms with Crippen molar-refractivity contribution in [2.45, 2.75) is 37.3 Å². The highest BCUT2D eigenvalue weighted by atomic mass is 35.5. The SMILES string of the molecule is O=C(NC1CC1c1cccc(Cl)c1)N1CCCC1CO. The first-order valence-corrected chi connectivity index (χ1v) is 7.50. The van der Waals surface area contributed by atoms with E-state index in [1.54, 1.807) is 4.90 Å². The molecule has 2 amide bonds. The summed E-state index contributed by atoms with van der Waals surface area (Å²) in [7, 11) is 0. The number of hydrogen-bond donors (Lipinski definition) is 2. The van der Waals surface area contributed by atoms with Crippen molar-refractivity contribution < 1.29 is 9.90 Å². The van der Waals surface area contributed by atoms with Gasteiger partial charge in [-0.1, -0.05) is 23.7 Å². The number of hydrogen-bond acceptors (Lipinski definition) is 2. The summed E-state index contributed by atoms with van der Waals surface area (Å²) in [5, 5.41) is 13.1. The van der Waals surface area contributed by atoms with E-state index < -0.39 is 0 Å². The van der Waals surface area contributed by atoms with Crippen LogP contribution >= 0.6 is 11.6 Å². The molecule has 1 aliphatic carbocycles. The average Bonchev–Trinajstić information content (AvgIpc) is 3.02. The smallest absolute Gasteiger partial charge is 0.317 e. The molecule has 1 heterocycles. The minimum atomic E-state index is -0.0453. The standard InChI is InChI=1S/C15H19ClN2O2/c16-11-4-1-3-10(7-11)13-8-14(13)17-15(20)18-6-2-5-12(18)9-19/h1,3-4,7,12-14,19H,2,5-6,8-9H2,(H,17,20). The van der Waals surface area contributed by atoms with Crippen LogP contribution in [0.5, 0.6) is 0 Å². The molecule has 20 heavy (non-hydrogen) atoms. The van der Waals surface area contributed by atoms with Gasteiger partial charge in [0.15, 0.2) is 0 Å². The number of nitrogens with zero attached hydrogens (tertiary/aromatic N) is 1. The van der Waals surface area contributed by atoms with Crippen LogP contribution < -0.4 is 5.32 Å². The third-order valence-corrected chi connectivity index (χ3v) is 4.46. The zero-order valence-electron chi connectivity index (χ0n) is 11.3. The average molecular weight is 295 g/mol. The normalized spacial score (nSPS) is 28.5. The number of benzene rings is 1. The van der Waals surface area contributed by atoms with Gasteiger partial charge in [0.25, 0.3) is 0 Å². The van der Waals surface area contributed by atoms with Gasteiger partial charge in [-0.05, 0) is 37.0 Å². The van der Waals surface area contributed by atoms with Gasteiger partial charge in [0.2, 0.25) is 0 Å². The van der Waals surface area contributed by atoms with Crippen LogP contribution in [0.2, 0.25) is 5.02 Å². The first kappa shape index (κ1) is 13.7. The van der Waals surface area contributed by atoms with Gasteiger partial charge in [0.1, 0.15) is 0 Å². The van der Waals surface area contributed by atoms with Crippen molar-refractivity contribution in [2.24, 2.45) is 0 Å². The Kier molecular flexibility index (Phi) is 3.85. The molecular formula is C15H19ClN2O2. The number of aliphatic hydroxyl groups is 1. The van der Waals surface area contributed by atoms with Crippen LogP contribution in [-0.4, -0.2) is 41.3 Å². The highest BCUT2D eigenvalue weighted by Gasteiger charge is 2.41. The van der Waals surface area contributed by atoms with Crippen LogP contribution in [0.4, 0.5) is 4.79 Å². The van der Waals surface area contributed by atoms with Gasteiger partial charge in [-0.25, -0.2) is 4.79 Å². The Morgan fingerprint density at radius 1 is 1.50 bits per heavy atom. The fourth-order valence-corrected chi connectivity index (χ4v) is 3.19. The Morgan fingerprint density at radius 3 is 3.10 bits per heavy atom. The van der Waals surface area contributed by atoms with E-state index in [1.165, 1.54) is 5.56 Å². The van der Waals surface area contributed by atoms with E-state index >= 15 is 0 Å². The van der Waals surface area contributed by atoms with E-state index in [0.29, 0.717) is 5.92 Å². The molecular weight excluding hydrogens is 276 g/mol. The lowest BCUT2D eigenvalue weighted by atomic mass is 10.1. The predicted octanol–water partition coefficient (Wildman–Crippen LogP) is 2.36.